The summed E-state index contributed by atoms with van der Waals surface area (Å²) in [5.74, 6) is -0.186. The Morgan fingerprint density at radius 2 is 1.93 bits per heavy atom. The monoisotopic (exact) mass is 490 g/mol. The Morgan fingerprint density at radius 1 is 1.07 bits per heavy atom. The molecule has 4 aromatic rings. The van der Waals surface area contributed by atoms with Crippen molar-refractivity contribution in [3.63, 3.8) is 0 Å². The highest BCUT2D eigenvalue weighted by atomic mass is 79.9. The Balaban J connectivity index is 1.76. The van der Waals surface area contributed by atoms with E-state index in [-0.39, 0.29) is 27.3 Å². The van der Waals surface area contributed by atoms with Gasteiger partial charge < -0.3 is 4.52 Å². The number of rotatable bonds is 3. The summed E-state index contributed by atoms with van der Waals surface area (Å²) in [6.45, 7) is 0. The van der Waals surface area contributed by atoms with Crippen molar-refractivity contribution in [2.45, 2.75) is 0 Å². The van der Waals surface area contributed by atoms with E-state index in [9.17, 15) is 9.18 Å². The quantitative estimate of drug-likeness (QED) is 0.418. The summed E-state index contributed by atoms with van der Waals surface area (Å²) in [5, 5.41) is 8.18. The fourth-order valence-corrected chi connectivity index (χ4v) is 3.16. The minimum absolute atomic E-state index is 0.0141. The molecule has 0 bridgehead atoms. The van der Waals surface area contributed by atoms with Crippen LogP contribution in [0.2, 0.25) is 0 Å². The average Bonchev–Trinajstić information content (AvgIpc) is 3.14. The van der Waals surface area contributed by atoms with Crippen LogP contribution < -0.4 is 5.43 Å². The van der Waals surface area contributed by atoms with Gasteiger partial charge in [-0.25, -0.2) is 9.07 Å². The van der Waals surface area contributed by atoms with E-state index in [0.29, 0.717) is 5.56 Å². The van der Waals surface area contributed by atoms with E-state index in [1.165, 1.54) is 24.3 Å². The van der Waals surface area contributed by atoms with Crippen molar-refractivity contribution >= 4 is 31.9 Å². The highest BCUT2D eigenvalue weighted by Crippen LogP contribution is 2.24. The normalized spacial score (nSPS) is 10.9. The predicted octanol–water partition coefficient (Wildman–Crippen LogP) is 4.61. The molecule has 9 heteroatoms. The van der Waals surface area contributed by atoms with Crippen LogP contribution in [0.5, 0.6) is 0 Å². The molecule has 2 aromatic carbocycles. The zero-order chi connectivity index (χ0) is 19.0. The van der Waals surface area contributed by atoms with Crippen LogP contribution in [0, 0.1) is 5.82 Å². The van der Waals surface area contributed by atoms with E-state index >= 15 is 0 Å². The van der Waals surface area contributed by atoms with Gasteiger partial charge >= 0.3 is 0 Å². The fraction of sp³-hybridized carbons (Fsp3) is 0. The van der Waals surface area contributed by atoms with Crippen molar-refractivity contribution in [1.82, 2.24) is 19.9 Å². The SMILES string of the molecule is O=c1ccn(-c2cccc(Br)c2)nc1-c1nc(-c2ccc(F)c(Br)c2)no1. The van der Waals surface area contributed by atoms with Crippen LogP contribution in [0.25, 0.3) is 28.7 Å². The Labute approximate surface area is 168 Å². The number of hydrogen-bond acceptors (Lipinski definition) is 5. The van der Waals surface area contributed by atoms with E-state index in [2.05, 4.69) is 47.1 Å². The predicted molar refractivity (Wildman–Crippen MR) is 104 cm³/mol. The Kier molecular flexibility index (Phi) is 4.71. The summed E-state index contributed by atoms with van der Waals surface area (Å²) >= 11 is 6.52. The largest absolute Gasteiger partial charge is 0.332 e. The molecule has 4 rings (SSSR count). The number of hydrogen-bond donors (Lipinski definition) is 0. The summed E-state index contributed by atoms with van der Waals surface area (Å²) in [7, 11) is 0. The summed E-state index contributed by atoms with van der Waals surface area (Å²) < 4.78 is 21.3. The highest BCUT2D eigenvalue weighted by Gasteiger charge is 2.16. The Bertz CT molecular complexity index is 1210. The molecule has 0 aliphatic heterocycles. The number of aromatic nitrogens is 4. The molecule has 0 radical (unpaired) electrons. The second-order valence-corrected chi connectivity index (χ2v) is 7.28. The number of nitrogens with zero attached hydrogens (tertiary/aromatic N) is 4. The van der Waals surface area contributed by atoms with Gasteiger partial charge in [-0.1, -0.05) is 27.2 Å². The summed E-state index contributed by atoms with van der Waals surface area (Å²) in [5.41, 5.74) is 0.975. The minimum Gasteiger partial charge on any atom is -0.332 e. The van der Waals surface area contributed by atoms with Gasteiger partial charge in [-0.2, -0.15) is 10.1 Å². The standard InChI is InChI=1S/C18H9Br2FN4O2/c19-11-2-1-3-12(9-11)25-7-6-15(26)16(23-25)18-22-17(24-27-18)10-4-5-14(21)13(20)8-10/h1-9H. The molecule has 2 heterocycles. The van der Waals surface area contributed by atoms with E-state index in [0.717, 1.165) is 10.2 Å². The molecule has 0 spiro atoms. The van der Waals surface area contributed by atoms with Crippen molar-refractivity contribution in [3.8, 4) is 28.7 Å². The van der Waals surface area contributed by atoms with E-state index in [1.807, 2.05) is 24.3 Å². The van der Waals surface area contributed by atoms with Gasteiger partial charge in [0.05, 0.1) is 10.2 Å². The molecular formula is C18H9Br2FN4O2. The van der Waals surface area contributed by atoms with Gasteiger partial charge in [-0.05, 0) is 52.3 Å². The third-order valence-corrected chi connectivity index (χ3v) is 4.79. The Morgan fingerprint density at radius 3 is 2.70 bits per heavy atom. The maximum Gasteiger partial charge on any atom is 0.282 e. The molecule has 0 N–H and O–H groups in total. The molecular weight excluding hydrogens is 483 g/mol. The molecule has 2 aromatic heterocycles. The van der Waals surface area contributed by atoms with Gasteiger partial charge in [-0.3, -0.25) is 4.79 Å². The van der Waals surface area contributed by atoms with Crippen LogP contribution >= 0.6 is 31.9 Å². The molecule has 6 nitrogen and oxygen atoms in total. The molecule has 27 heavy (non-hydrogen) atoms. The van der Waals surface area contributed by atoms with Crippen LogP contribution in [0.1, 0.15) is 0 Å². The summed E-state index contributed by atoms with van der Waals surface area (Å²) in [6.07, 6.45) is 1.56. The first-order valence-electron chi connectivity index (χ1n) is 7.67. The van der Waals surface area contributed by atoms with Gasteiger partial charge in [-0.15, -0.1) is 0 Å². The maximum atomic E-state index is 13.4. The lowest BCUT2D eigenvalue weighted by molar-refractivity contribution is 0.429. The molecule has 0 saturated carbocycles. The van der Waals surface area contributed by atoms with Crippen molar-refractivity contribution < 1.29 is 8.91 Å². The van der Waals surface area contributed by atoms with E-state index in [4.69, 9.17) is 4.52 Å². The molecule has 134 valence electrons. The molecule has 0 amide bonds. The minimum atomic E-state index is -0.399. The second kappa shape index (κ2) is 7.16. The first kappa shape index (κ1) is 17.7. The van der Waals surface area contributed by atoms with Crippen LogP contribution in [0.4, 0.5) is 4.39 Å². The van der Waals surface area contributed by atoms with Gasteiger partial charge in [0.15, 0.2) is 5.69 Å². The van der Waals surface area contributed by atoms with E-state index < -0.39 is 5.82 Å². The van der Waals surface area contributed by atoms with Gasteiger partial charge in [0.2, 0.25) is 11.3 Å². The number of benzene rings is 2. The fourth-order valence-electron chi connectivity index (χ4n) is 2.39. The summed E-state index contributed by atoms with van der Waals surface area (Å²) in [6, 6.07) is 13.2. The van der Waals surface area contributed by atoms with Gasteiger partial charge in [0.1, 0.15) is 5.82 Å². The van der Waals surface area contributed by atoms with Gasteiger partial charge in [0, 0.05) is 22.3 Å². The topological polar surface area (TPSA) is 73.8 Å². The van der Waals surface area contributed by atoms with Crippen LogP contribution in [0.3, 0.4) is 0 Å². The lowest BCUT2D eigenvalue weighted by Gasteiger charge is -2.06. The first-order valence-corrected chi connectivity index (χ1v) is 9.25. The smallest absolute Gasteiger partial charge is 0.282 e. The Hall–Kier alpha value is -2.65. The lowest BCUT2D eigenvalue weighted by atomic mass is 10.2. The third-order valence-electron chi connectivity index (χ3n) is 3.69. The molecule has 0 unspecified atom stereocenters. The van der Waals surface area contributed by atoms with Crippen molar-refractivity contribution in [2.24, 2.45) is 0 Å². The summed E-state index contributed by atoms with van der Waals surface area (Å²) in [4.78, 5) is 16.5. The third kappa shape index (κ3) is 3.60. The van der Waals surface area contributed by atoms with Crippen LogP contribution in [0.15, 0.2) is 73.0 Å². The van der Waals surface area contributed by atoms with Crippen molar-refractivity contribution in [1.29, 1.82) is 0 Å². The van der Waals surface area contributed by atoms with Crippen molar-refractivity contribution in [2.75, 3.05) is 0 Å². The second-order valence-electron chi connectivity index (χ2n) is 5.51. The zero-order valence-electron chi connectivity index (χ0n) is 13.4. The average molecular weight is 492 g/mol. The molecule has 0 saturated heterocycles. The zero-order valence-corrected chi connectivity index (χ0v) is 16.6. The molecule has 0 atom stereocenters. The van der Waals surface area contributed by atoms with Crippen LogP contribution in [-0.4, -0.2) is 19.9 Å². The first-order chi connectivity index (χ1) is 13.0. The molecule has 0 aliphatic carbocycles. The number of halogens is 3. The van der Waals surface area contributed by atoms with Crippen LogP contribution in [-0.2, 0) is 0 Å². The highest BCUT2D eigenvalue weighted by molar-refractivity contribution is 9.10. The maximum absolute atomic E-state index is 13.4. The van der Waals surface area contributed by atoms with Crippen molar-refractivity contribution in [3.05, 3.63) is 79.7 Å². The van der Waals surface area contributed by atoms with E-state index in [1.54, 1.807) is 10.9 Å². The lowest BCUT2D eigenvalue weighted by Crippen LogP contribution is -2.12. The molecule has 0 aliphatic rings. The van der Waals surface area contributed by atoms with Gasteiger partial charge in [0.25, 0.3) is 5.89 Å². The molecule has 0 fully saturated rings.